The van der Waals surface area contributed by atoms with Crippen LogP contribution < -0.4 is 4.31 Å². The van der Waals surface area contributed by atoms with Gasteiger partial charge in [-0.3, -0.25) is 14.0 Å². The number of anilines is 1. The molecule has 152 valence electrons. The number of para-hydroxylation sites is 1. The van der Waals surface area contributed by atoms with Gasteiger partial charge in [0.25, 0.3) is 0 Å². The van der Waals surface area contributed by atoms with Crippen LogP contribution >= 0.6 is 0 Å². The van der Waals surface area contributed by atoms with E-state index in [4.69, 9.17) is 0 Å². The van der Waals surface area contributed by atoms with Gasteiger partial charge < -0.3 is 10.0 Å². The van der Waals surface area contributed by atoms with Crippen LogP contribution in [0.25, 0.3) is 0 Å². The molecule has 0 saturated carbocycles. The number of rotatable bonds is 6. The Morgan fingerprint density at radius 1 is 1.30 bits per heavy atom. The SMILES string of the molecule is Cc1ccccc1N(CC(=O)N1CCN(CC(C)(C)O)[C@H](C)C1)S(C)(=O)=O. The molecule has 0 aromatic heterocycles. The number of aryl methyl sites for hydroxylation is 1. The summed E-state index contributed by atoms with van der Waals surface area (Å²) in [6.07, 6.45) is 1.12. The highest BCUT2D eigenvalue weighted by Gasteiger charge is 2.31. The van der Waals surface area contributed by atoms with Gasteiger partial charge in [0, 0.05) is 32.2 Å². The zero-order chi connectivity index (χ0) is 20.4. The quantitative estimate of drug-likeness (QED) is 0.776. The maximum absolute atomic E-state index is 12.8. The number of carbonyl (C=O) groups is 1. The number of carbonyl (C=O) groups excluding carboxylic acids is 1. The molecule has 1 N–H and O–H groups in total. The monoisotopic (exact) mass is 397 g/mol. The number of amides is 1. The van der Waals surface area contributed by atoms with Crippen LogP contribution in [0.2, 0.25) is 0 Å². The number of piperazine rings is 1. The molecular formula is C19H31N3O4S. The van der Waals surface area contributed by atoms with Crippen molar-refractivity contribution in [1.29, 1.82) is 0 Å². The Hall–Kier alpha value is -1.64. The van der Waals surface area contributed by atoms with Crippen molar-refractivity contribution in [2.45, 2.75) is 39.3 Å². The minimum absolute atomic E-state index is 0.0965. The highest BCUT2D eigenvalue weighted by atomic mass is 32.2. The molecule has 1 aromatic rings. The lowest BCUT2D eigenvalue weighted by Gasteiger charge is -2.42. The molecule has 8 heteroatoms. The van der Waals surface area contributed by atoms with Crippen LogP contribution in [-0.4, -0.2) is 79.9 Å². The number of sulfonamides is 1. The Balaban J connectivity index is 2.10. The average Bonchev–Trinajstić information content (AvgIpc) is 2.53. The first kappa shape index (κ1) is 21.7. The maximum atomic E-state index is 12.8. The number of nitrogens with zero attached hydrogens (tertiary/aromatic N) is 3. The summed E-state index contributed by atoms with van der Waals surface area (Å²) in [7, 11) is -3.58. The molecule has 1 fully saturated rings. The third-order valence-corrected chi connectivity index (χ3v) is 5.90. The van der Waals surface area contributed by atoms with Crippen LogP contribution in [0, 0.1) is 6.92 Å². The fourth-order valence-corrected chi connectivity index (χ4v) is 4.31. The summed E-state index contributed by atoms with van der Waals surface area (Å²) in [4.78, 5) is 16.7. The van der Waals surface area contributed by atoms with Crippen molar-refractivity contribution >= 4 is 21.6 Å². The second kappa shape index (κ2) is 8.16. The summed E-state index contributed by atoms with van der Waals surface area (Å²) in [6.45, 7) is 9.39. The first-order chi connectivity index (χ1) is 12.4. The topological polar surface area (TPSA) is 81.2 Å². The average molecular weight is 398 g/mol. The van der Waals surface area contributed by atoms with Gasteiger partial charge in [0.05, 0.1) is 17.5 Å². The number of hydrogen-bond donors (Lipinski definition) is 1. The predicted molar refractivity (Wildman–Crippen MR) is 107 cm³/mol. The van der Waals surface area contributed by atoms with E-state index in [1.165, 1.54) is 4.31 Å². The van der Waals surface area contributed by atoms with E-state index in [2.05, 4.69) is 4.90 Å². The molecule has 27 heavy (non-hydrogen) atoms. The molecule has 1 saturated heterocycles. The van der Waals surface area contributed by atoms with Gasteiger partial charge in [-0.05, 0) is 39.3 Å². The molecule has 0 spiro atoms. The van der Waals surface area contributed by atoms with Crippen molar-refractivity contribution in [3.8, 4) is 0 Å². The van der Waals surface area contributed by atoms with Gasteiger partial charge in [-0.15, -0.1) is 0 Å². The molecule has 0 radical (unpaired) electrons. The molecular weight excluding hydrogens is 366 g/mol. The van der Waals surface area contributed by atoms with E-state index >= 15 is 0 Å². The van der Waals surface area contributed by atoms with Crippen LogP contribution in [0.3, 0.4) is 0 Å². The molecule has 1 aromatic carbocycles. The van der Waals surface area contributed by atoms with Crippen molar-refractivity contribution in [1.82, 2.24) is 9.80 Å². The maximum Gasteiger partial charge on any atom is 0.243 e. The molecule has 1 heterocycles. The van der Waals surface area contributed by atoms with Gasteiger partial charge in [-0.2, -0.15) is 0 Å². The lowest BCUT2D eigenvalue weighted by Crippen LogP contribution is -2.57. The standard InChI is InChI=1S/C19H31N3O4S/c1-15-8-6-7-9-17(15)22(27(5,25)26)13-18(23)20-10-11-21(16(2)12-20)14-19(3,4)24/h6-9,16,24H,10-14H2,1-5H3/t16-/m1/s1. The lowest BCUT2D eigenvalue weighted by atomic mass is 10.1. The fraction of sp³-hybridized carbons (Fsp3) is 0.632. The summed E-state index contributed by atoms with van der Waals surface area (Å²) in [5.41, 5.74) is 0.541. The molecule has 1 aliphatic heterocycles. The van der Waals surface area contributed by atoms with Crippen molar-refractivity contribution in [3.63, 3.8) is 0 Å². The molecule has 0 aliphatic carbocycles. The zero-order valence-electron chi connectivity index (χ0n) is 16.8. The Labute approximate surface area is 162 Å². The van der Waals surface area contributed by atoms with Crippen LogP contribution in [0.4, 0.5) is 5.69 Å². The second-order valence-electron chi connectivity index (χ2n) is 8.03. The molecule has 1 atom stereocenters. The van der Waals surface area contributed by atoms with Gasteiger partial charge in [-0.25, -0.2) is 8.42 Å². The van der Waals surface area contributed by atoms with Crippen LogP contribution in [0.5, 0.6) is 0 Å². The Bertz CT molecular complexity index is 773. The highest BCUT2D eigenvalue weighted by Crippen LogP contribution is 2.22. The number of hydrogen-bond acceptors (Lipinski definition) is 5. The fourth-order valence-electron chi connectivity index (χ4n) is 3.40. The van der Waals surface area contributed by atoms with Gasteiger partial charge >= 0.3 is 0 Å². The zero-order valence-corrected chi connectivity index (χ0v) is 17.7. The third-order valence-electron chi connectivity index (χ3n) is 4.77. The molecule has 0 bridgehead atoms. The smallest absolute Gasteiger partial charge is 0.243 e. The molecule has 0 unspecified atom stereocenters. The minimum Gasteiger partial charge on any atom is -0.389 e. The summed E-state index contributed by atoms with van der Waals surface area (Å²) < 4.78 is 25.8. The van der Waals surface area contributed by atoms with E-state index in [9.17, 15) is 18.3 Å². The van der Waals surface area contributed by atoms with E-state index < -0.39 is 15.6 Å². The summed E-state index contributed by atoms with van der Waals surface area (Å²) in [5, 5.41) is 10.0. The van der Waals surface area contributed by atoms with E-state index in [1.807, 2.05) is 26.0 Å². The summed E-state index contributed by atoms with van der Waals surface area (Å²) in [5.74, 6) is -0.210. The van der Waals surface area contributed by atoms with Gasteiger partial charge in [0.1, 0.15) is 6.54 Å². The van der Waals surface area contributed by atoms with E-state index in [0.29, 0.717) is 31.9 Å². The van der Waals surface area contributed by atoms with Crippen LogP contribution in [0.1, 0.15) is 26.3 Å². The normalized spacial score (nSPS) is 19.2. The minimum atomic E-state index is -3.58. The molecule has 1 amide bonds. The highest BCUT2D eigenvalue weighted by molar-refractivity contribution is 7.92. The number of β-amino-alcohol motifs (C(OH)–C–C–N with tert-alkyl or cyclic N) is 1. The van der Waals surface area contributed by atoms with Crippen molar-refractivity contribution in [2.24, 2.45) is 0 Å². The van der Waals surface area contributed by atoms with Crippen molar-refractivity contribution < 1.29 is 18.3 Å². The number of benzene rings is 1. The largest absolute Gasteiger partial charge is 0.389 e. The molecule has 1 aliphatic rings. The van der Waals surface area contributed by atoms with Crippen molar-refractivity contribution in [2.75, 3.05) is 43.3 Å². The van der Waals surface area contributed by atoms with E-state index in [1.54, 1.807) is 30.9 Å². The van der Waals surface area contributed by atoms with Gasteiger partial charge in [0.15, 0.2) is 0 Å². The van der Waals surface area contributed by atoms with Crippen LogP contribution in [0.15, 0.2) is 24.3 Å². The van der Waals surface area contributed by atoms with Crippen molar-refractivity contribution in [3.05, 3.63) is 29.8 Å². The molecule has 7 nitrogen and oxygen atoms in total. The predicted octanol–water partition coefficient (Wildman–Crippen LogP) is 1.06. The summed E-state index contributed by atoms with van der Waals surface area (Å²) >= 11 is 0. The first-order valence-corrected chi connectivity index (χ1v) is 11.0. The Morgan fingerprint density at radius 3 is 2.44 bits per heavy atom. The third kappa shape index (κ3) is 5.92. The summed E-state index contributed by atoms with van der Waals surface area (Å²) in [6, 6.07) is 7.25. The van der Waals surface area contributed by atoms with Crippen LogP contribution in [-0.2, 0) is 14.8 Å². The Morgan fingerprint density at radius 2 is 1.93 bits per heavy atom. The van der Waals surface area contributed by atoms with Gasteiger partial charge in [-0.1, -0.05) is 18.2 Å². The van der Waals surface area contributed by atoms with Gasteiger partial charge in [0.2, 0.25) is 15.9 Å². The Kier molecular flexibility index (Phi) is 6.55. The van der Waals surface area contributed by atoms with E-state index in [0.717, 1.165) is 11.8 Å². The molecule has 2 rings (SSSR count). The number of aliphatic hydroxyl groups is 1. The first-order valence-electron chi connectivity index (χ1n) is 9.16. The lowest BCUT2D eigenvalue weighted by molar-refractivity contribution is -0.132. The second-order valence-corrected chi connectivity index (χ2v) is 9.93. The van der Waals surface area contributed by atoms with E-state index in [-0.39, 0.29) is 18.5 Å².